The molecule has 2 rings (SSSR count). The third kappa shape index (κ3) is 2.53. The lowest BCUT2D eigenvalue weighted by Gasteiger charge is -2.07. The Kier molecular flexibility index (Phi) is 3.25. The Bertz CT molecular complexity index is 558. The van der Waals surface area contributed by atoms with Crippen LogP contribution in [0.2, 0.25) is 5.02 Å². The molecule has 0 heterocycles. The molecule has 2 aromatic carbocycles. The molecule has 0 aliphatic carbocycles. The minimum atomic E-state index is -0.322. The summed E-state index contributed by atoms with van der Waals surface area (Å²) in [5.74, 6) is -0.322. The number of carbonyl (C=O) groups excluding carboxylic acids is 1. The van der Waals surface area contributed by atoms with Crippen LogP contribution in [0, 0.1) is 12.7 Å². The van der Waals surface area contributed by atoms with Gasteiger partial charge in [-0.1, -0.05) is 17.7 Å². The molecule has 0 N–H and O–H groups in total. The maximum absolute atomic E-state index is 13.3. The average molecular weight is 249 g/mol. The quantitative estimate of drug-likeness (QED) is 0.726. The molecule has 0 unspecified atom stereocenters. The zero-order valence-electron chi connectivity index (χ0n) is 9.21. The van der Waals surface area contributed by atoms with Gasteiger partial charge < -0.3 is 0 Å². The van der Waals surface area contributed by atoms with Gasteiger partial charge in [0.05, 0.1) is 0 Å². The van der Waals surface area contributed by atoms with Gasteiger partial charge in [0.1, 0.15) is 5.82 Å². The zero-order chi connectivity index (χ0) is 12.4. The Morgan fingerprint density at radius 1 is 1.18 bits per heavy atom. The van der Waals surface area contributed by atoms with Crippen molar-refractivity contribution in [3.8, 4) is 11.1 Å². The van der Waals surface area contributed by atoms with Crippen LogP contribution in [0.4, 0.5) is 4.39 Å². The van der Waals surface area contributed by atoms with Gasteiger partial charge in [0.25, 0.3) is 0 Å². The highest BCUT2D eigenvalue weighted by molar-refractivity contribution is 6.31. The summed E-state index contributed by atoms with van der Waals surface area (Å²) in [5, 5.41) is 0.521. The molecule has 3 heteroatoms. The van der Waals surface area contributed by atoms with E-state index in [1.54, 1.807) is 25.1 Å². The molecular weight excluding hydrogens is 239 g/mol. The van der Waals surface area contributed by atoms with Gasteiger partial charge in [-0.3, -0.25) is 4.79 Å². The van der Waals surface area contributed by atoms with E-state index in [1.165, 1.54) is 12.1 Å². The number of benzene rings is 2. The first-order valence-corrected chi connectivity index (χ1v) is 5.50. The summed E-state index contributed by atoms with van der Waals surface area (Å²) < 4.78 is 13.3. The third-order valence-electron chi connectivity index (χ3n) is 2.50. The number of rotatable bonds is 2. The van der Waals surface area contributed by atoms with Crippen LogP contribution in [-0.2, 0) is 0 Å². The van der Waals surface area contributed by atoms with Crippen LogP contribution in [0.1, 0.15) is 15.9 Å². The third-order valence-corrected chi connectivity index (χ3v) is 2.73. The molecular formula is C14H10ClFO. The van der Waals surface area contributed by atoms with Gasteiger partial charge in [-0.05, 0) is 53.9 Å². The molecule has 0 saturated heterocycles. The molecule has 17 heavy (non-hydrogen) atoms. The second kappa shape index (κ2) is 4.68. The van der Waals surface area contributed by atoms with Gasteiger partial charge in [-0.25, -0.2) is 4.39 Å². The lowest BCUT2D eigenvalue weighted by molar-refractivity contribution is 0.112. The normalized spacial score (nSPS) is 10.3. The molecule has 0 spiro atoms. The lowest BCUT2D eigenvalue weighted by Crippen LogP contribution is -1.89. The van der Waals surface area contributed by atoms with Crippen LogP contribution in [-0.4, -0.2) is 6.29 Å². The molecule has 0 aliphatic heterocycles. The maximum Gasteiger partial charge on any atom is 0.150 e. The first-order valence-electron chi connectivity index (χ1n) is 5.12. The lowest BCUT2D eigenvalue weighted by atomic mass is 9.99. The Balaban J connectivity index is 2.66. The Morgan fingerprint density at radius 2 is 1.94 bits per heavy atom. The first kappa shape index (κ1) is 11.8. The summed E-state index contributed by atoms with van der Waals surface area (Å²) >= 11 is 5.89. The number of hydrogen-bond acceptors (Lipinski definition) is 1. The first-order chi connectivity index (χ1) is 8.10. The van der Waals surface area contributed by atoms with E-state index in [-0.39, 0.29) is 5.82 Å². The fourth-order valence-corrected chi connectivity index (χ4v) is 1.95. The number of carbonyl (C=O) groups is 1. The van der Waals surface area contributed by atoms with Crippen molar-refractivity contribution in [3.05, 3.63) is 58.4 Å². The van der Waals surface area contributed by atoms with Gasteiger partial charge in [-0.2, -0.15) is 0 Å². The summed E-state index contributed by atoms with van der Waals surface area (Å²) in [7, 11) is 0. The van der Waals surface area contributed by atoms with Crippen molar-refractivity contribution in [2.24, 2.45) is 0 Å². The summed E-state index contributed by atoms with van der Waals surface area (Å²) in [5.41, 5.74) is 2.61. The fraction of sp³-hybridized carbons (Fsp3) is 0.0714. The van der Waals surface area contributed by atoms with Crippen molar-refractivity contribution < 1.29 is 9.18 Å². The number of aryl methyl sites for hydroxylation is 1. The number of aldehydes is 1. The Morgan fingerprint density at radius 3 is 2.59 bits per heavy atom. The van der Waals surface area contributed by atoms with E-state index < -0.39 is 0 Å². The predicted octanol–water partition coefficient (Wildman–Crippen LogP) is 4.27. The monoisotopic (exact) mass is 248 g/mol. The van der Waals surface area contributed by atoms with Crippen LogP contribution >= 0.6 is 11.6 Å². The summed E-state index contributed by atoms with van der Waals surface area (Å²) in [6.45, 7) is 1.80. The highest BCUT2D eigenvalue weighted by atomic mass is 35.5. The standard InChI is InChI=1S/C14H10ClFO/c1-9-4-11(6-13(16)5-9)14-7-12(15)3-2-10(14)8-17/h2-8H,1H3. The molecule has 0 bridgehead atoms. The molecule has 86 valence electrons. The van der Waals surface area contributed by atoms with Gasteiger partial charge in [0.15, 0.2) is 6.29 Å². The fourth-order valence-electron chi connectivity index (χ4n) is 1.77. The Hall–Kier alpha value is -1.67. The molecule has 0 radical (unpaired) electrons. The van der Waals surface area contributed by atoms with Crippen LogP contribution < -0.4 is 0 Å². The SMILES string of the molecule is Cc1cc(F)cc(-c2cc(Cl)ccc2C=O)c1. The van der Waals surface area contributed by atoms with E-state index in [2.05, 4.69) is 0 Å². The van der Waals surface area contributed by atoms with Crippen LogP contribution in [0.15, 0.2) is 36.4 Å². The molecule has 1 nitrogen and oxygen atoms in total. The minimum Gasteiger partial charge on any atom is -0.298 e. The van der Waals surface area contributed by atoms with Crippen molar-refractivity contribution in [3.63, 3.8) is 0 Å². The van der Waals surface area contributed by atoms with Gasteiger partial charge in [-0.15, -0.1) is 0 Å². The van der Waals surface area contributed by atoms with E-state index in [0.717, 1.165) is 11.8 Å². The smallest absolute Gasteiger partial charge is 0.150 e. The summed E-state index contributed by atoms with van der Waals surface area (Å²) in [4.78, 5) is 10.9. The van der Waals surface area contributed by atoms with Crippen LogP contribution in [0.5, 0.6) is 0 Å². The summed E-state index contributed by atoms with van der Waals surface area (Å²) in [6, 6.07) is 9.59. The van der Waals surface area contributed by atoms with Crippen molar-refractivity contribution in [1.29, 1.82) is 0 Å². The van der Waals surface area contributed by atoms with Crippen molar-refractivity contribution in [2.45, 2.75) is 6.92 Å². The van der Waals surface area contributed by atoms with Gasteiger partial charge in [0.2, 0.25) is 0 Å². The molecule has 0 amide bonds. The van der Waals surface area contributed by atoms with E-state index >= 15 is 0 Å². The molecule has 0 aliphatic rings. The highest BCUT2D eigenvalue weighted by Gasteiger charge is 2.07. The molecule has 0 fully saturated rings. The van der Waals surface area contributed by atoms with E-state index in [9.17, 15) is 9.18 Å². The van der Waals surface area contributed by atoms with Gasteiger partial charge in [0, 0.05) is 10.6 Å². The molecule has 0 atom stereocenters. The Labute approximate surface area is 104 Å². The maximum atomic E-state index is 13.3. The highest BCUT2D eigenvalue weighted by Crippen LogP contribution is 2.27. The summed E-state index contributed by atoms with van der Waals surface area (Å²) in [6.07, 6.45) is 0.742. The van der Waals surface area contributed by atoms with E-state index in [4.69, 9.17) is 11.6 Å². The molecule has 2 aromatic rings. The van der Waals surface area contributed by atoms with Crippen LogP contribution in [0.25, 0.3) is 11.1 Å². The number of hydrogen-bond donors (Lipinski definition) is 0. The average Bonchev–Trinajstić information content (AvgIpc) is 2.27. The minimum absolute atomic E-state index is 0.322. The number of halogens is 2. The predicted molar refractivity (Wildman–Crippen MR) is 67.0 cm³/mol. The van der Waals surface area contributed by atoms with Crippen molar-refractivity contribution >= 4 is 17.9 Å². The van der Waals surface area contributed by atoms with E-state index in [1.807, 2.05) is 6.07 Å². The molecule has 0 aromatic heterocycles. The van der Waals surface area contributed by atoms with Crippen molar-refractivity contribution in [1.82, 2.24) is 0 Å². The largest absolute Gasteiger partial charge is 0.298 e. The van der Waals surface area contributed by atoms with Crippen LogP contribution in [0.3, 0.4) is 0 Å². The zero-order valence-corrected chi connectivity index (χ0v) is 9.96. The molecule has 0 saturated carbocycles. The van der Waals surface area contributed by atoms with Gasteiger partial charge >= 0.3 is 0 Å². The van der Waals surface area contributed by atoms with E-state index in [0.29, 0.717) is 21.7 Å². The second-order valence-corrected chi connectivity index (χ2v) is 4.30. The second-order valence-electron chi connectivity index (χ2n) is 3.87. The van der Waals surface area contributed by atoms with Crippen molar-refractivity contribution in [2.75, 3.05) is 0 Å². The topological polar surface area (TPSA) is 17.1 Å².